The number of methoxy groups -OCH3 is 1. The molecule has 2 aromatic rings. The number of Topliss-reactive ketones (excluding diaryl/α,β-unsaturated/α-hetero) is 1. The smallest absolute Gasteiger partial charge is 0.329 e. The van der Waals surface area contributed by atoms with Crippen molar-refractivity contribution in [2.75, 3.05) is 7.11 Å². The van der Waals surface area contributed by atoms with Crippen LogP contribution in [-0.4, -0.2) is 35.0 Å². The summed E-state index contributed by atoms with van der Waals surface area (Å²) in [7, 11) is 1.52. The predicted molar refractivity (Wildman–Crippen MR) is 118 cm³/mol. The molecule has 0 heterocycles. The van der Waals surface area contributed by atoms with E-state index in [0.29, 0.717) is 17.7 Å². The Balaban J connectivity index is 0.000000303. The third-order valence-electron chi connectivity index (χ3n) is 3.86. The van der Waals surface area contributed by atoms with Crippen molar-refractivity contribution in [1.82, 2.24) is 0 Å². The van der Waals surface area contributed by atoms with Gasteiger partial charge in [-0.15, -0.1) is 0 Å². The zero-order chi connectivity index (χ0) is 22.5. The van der Waals surface area contributed by atoms with Gasteiger partial charge in [0, 0.05) is 17.7 Å². The molecule has 0 fully saturated rings. The molecule has 0 aliphatic heterocycles. The number of carboxylic acids is 2. The summed E-state index contributed by atoms with van der Waals surface area (Å²) in [6, 6.07) is 14.6. The second-order valence-electron chi connectivity index (χ2n) is 6.00. The fourth-order valence-corrected chi connectivity index (χ4v) is 2.69. The first-order valence-corrected chi connectivity index (χ1v) is 9.82. The Hall–Kier alpha value is -3.19. The number of ketones is 1. The van der Waals surface area contributed by atoms with Crippen molar-refractivity contribution in [3.05, 3.63) is 87.9 Å². The second-order valence-corrected chi connectivity index (χ2v) is 6.86. The number of halogens is 1. The van der Waals surface area contributed by atoms with Gasteiger partial charge in [0.25, 0.3) is 0 Å². The van der Waals surface area contributed by atoms with Crippen LogP contribution in [0.4, 0.5) is 0 Å². The number of carbonyl (C=O) groups is 3. The molecule has 0 aliphatic carbocycles. The maximum atomic E-state index is 11.7. The van der Waals surface area contributed by atoms with Crippen LogP contribution in [0.3, 0.4) is 0 Å². The van der Waals surface area contributed by atoms with Crippen molar-refractivity contribution >= 4 is 33.7 Å². The van der Waals surface area contributed by atoms with Crippen LogP contribution < -0.4 is 4.74 Å². The van der Waals surface area contributed by atoms with E-state index in [1.807, 2.05) is 12.1 Å². The Morgan fingerprint density at radius 1 is 0.933 bits per heavy atom. The molecule has 30 heavy (non-hydrogen) atoms. The van der Waals surface area contributed by atoms with E-state index in [4.69, 9.17) is 14.9 Å². The molecule has 0 saturated carbocycles. The standard InChI is InChI=1S/C12H14O2.C11H9BrO4/c1-2-10-6-8-11(9-7-10)4-3-5-12(13)14;1-16-8-4-2-7(3-5-8)11(15)9(12)6-10(13)14/h3,5-9H,2,4H2,1H3,(H,13,14);2-6H,1H3,(H,13,14). The highest BCUT2D eigenvalue weighted by atomic mass is 79.9. The number of rotatable bonds is 8. The van der Waals surface area contributed by atoms with Crippen LogP contribution in [-0.2, 0) is 22.4 Å². The molecule has 158 valence electrons. The summed E-state index contributed by atoms with van der Waals surface area (Å²) in [6.45, 7) is 2.11. The molecule has 0 aromatic heterocycles. The normalized spacial score (nSPS) is 10.8. The predicted octanol–water partition coefficient (Wildman–Crippen LogP) is 4.67. The first-order chi connectivity index (χ1) is 14.3. The van der Waals surface area contributed by atoms with Gasteiger partial charge in [0.2, 0.25) is 0 Å². The van der Waals surface area contributed by atoms with Crippen LogP contribution in [0.5, 0.6) is 5.75 Å². The number of ether oxygens (including phenoxy) is 1. The molecule has 0 unspecified atom stereocenters. The number of benzene rings is 2. The second kappa shape index (κ2) is 13.1. The number of hydrogen-bond acceptors (Lipinski definition) is 4. The van der Waals surface area contributed by atoms with Crippen LogP contribution in [0.15, 0.2) is 71.2 Å². The first kappa shape index (κ1) is 24.8. The molecular formula is C23H23BrO6. The van der Waals surface area contributed by atoms with Gasteiger partial charge >= 0.3 is 11.9 Å². The Bertz CT molecular complexity index is 912. The van der Waals surface area contributed by atoms with Crippen molar-refractivity contribution in [2.24, 2.45) is 0 Å². The molecule has 7 heteroatoms. The highest BCUT2D eigenvalue weighted by molar-refractivity contribution is 9.12. The Labute approximate surface area is 183 Å². The van der Waals surface area contributed by atoms with Gasteiger partial charge in [0.05, 0.1) is 11.6 Å². The van der Waals surface area contributed by atoms with E-state index in [1.165, 1.54) is 18.7 Å². The third kappa shape index (κ3) is 9.34. The minimum atomic E-state index is -1.17. The maximum Gasteiger partial charge on any atom is 0.329 e. The lowest BCUT2D eigenvalue weighted by Crippen LogP contribution is -2.01. The maximum absolute atomic E-state index is 11.7. The van der Waals surface area contributed by atoms with E-state index in [2.05, 4.69) is 35.0 Å². The molecular weight excluding hydrogens is 452 g/mol. The number of carbonyl (C=O) groups excluding carboxylic acids is 1. The average Bonchev–Trinajstić information content (AvgIpc) is 2.73. The van der Waals surface area contributed by atoms with E-state index >= 15 is 0 Å². The summed E-state index contributed by atoms with van der Waals surface area (Å²) >= 11 is 2.92. The molecule has 0 bridgehead atoms. The summed E-state index contributed by atoms with van der Waals surface area (Å²) in [5, 5.41) is 16.9. The van der Waals surface area contributed by atoms with Crippen molar-refractivity contribution < 1.29 is 29.3 Å². The summed E-state index contributed by atoms with van der Waals surface area (Å²) in [5.41, 5.74) is 2.83. The average molecular weight is 475 g/mol. The van der Waals surface area contributed by atoms with Crippen LogP contribution in [0.2, 0.25) is 0 Å². The molecule has 0 saturated heterocycles. The quantitative estimate of drug-likeness (QED) is 0.425. The van der Waals surface area contributed by atoms with E-state index in [0.717, 1.165) is 18.1 Å². The van der Waals surface area contributed by atoms with Crippen LogP contribution >= 0.6 is 15.9 Å². The van der Waals surface area contributed by atoms with Gasteiger partial charge in [-0.3, -0.25) is 4.79 Å². The number of carboxylic acid groups (broad SMARTS) is 2. The zero-order valence-corrected chi connectivity index (χ0v) is 18.3. The summed E-state index contributed by atoms with van der Waals surface area (Å²) in [4.78, 5) is 32.2. The van der Waals surface area contributed by atoms with E-state index in [9.17, 15) is 14.4 Å². The van der Waals surface area contributed by atoms with Gasteiger partial charge < -0.3 is 14.9 Å². The summed E-state index contributed by atoms with van der Waals surface area (Å²) in [6.07, 6.45) is 5.35. The number of aryl methyl sites for hydroxylation is 1. The lowest BCUT2D eigenvalue weighted by atomic mass is 10.1. The Morgan fingerprint density at radius 3 is 1.97 bits per heavy atom. The molecule has 0 amide bonds. The van der Waals surface area contributed by atoms with Gasteiger partial charge in [-0.25, -0.2) is 9.59 Å². The highest BCUT2D eigenvalue weighted by Crippen LogP contribution is 2.17. The molecule has 6 nitrogen and oxygen atoms in total. The lowest BCUT2D eigenvalue weighted by Gasteiger charge is -2.01. The van der Waals surface area contributed by atoms with Crippen molar-refractivity contribution in [1.29, 1.82) is 0 Å². The fourth-order valence-electron chi connectivity index (χ4n) is 2.26. The third-order valence-corrected chi connectivity index (χ3v) is 4.45. The van der Waals surface area contributed by atoms with Gasteiger partial charge in [0.15, 0.2) is 5.78 Å². The van der Waals surface area contributed by atoms with Crippen molar-refractivity contribution in [3.63, 3.8) is 0 Å². The molecule has 2 aromatic carbocycles. The number of hydrogen-bond donors (Lipinski definition) is 2. The number of aliphatic carboxylic acids is 2. The largest absolute Gasteiger partial charge is 0.497 e. The summed E-state index contributed by atoms with van der Waals surface area (Å²) in [5.74, 6) is -1.82. The molecule has 0 aliphatic rings. The first-order valence-electron chi connectivity index (χ1n) is 9.03. The van der Waals surface area contributed by atoms with E-state index in [-0.39, 0.29) is 10.3 Å². The minimum absolute atomic E-state index is 0.00478. The topological polar surface area (TPSA) is 101 Å². The van der Waals surface area contributed by atoms with Crippen molar-refractivity contribution in [3.8, 4) is 5.75 Å². The fraction of sp³-hybridized carbons (Fsp3) is 0.174. The van der Waals surface area contributed by atoms with Gasteiger partial charge in [0.1, 0.15) is 5.75 Å². The highest BCUT2D eigenvalue weighted by Gasteiger charge is 2.10. The van der Waals surface area contributed by atoms with Crippen LogP contribution in [0.1, 0.15) is 28.4 Å². The number of allylic oxidation sites excluding steroid dienone is 2. The lowest BCUT2D eigenvalue weighted by molar-refractivity contribution is -0.132. The molecule has 0 spiro atoms. The van der Waals surface area contributed by atoms with E-state index in [1.54, 1.807) is 30.3 Å². The van der Waals surface area contributed by atoms with Gasteiger partial charge in [-0.2, -0.15) is 0 Å². The SMILES string of the molecule is CCc1ccc(CC=CC(=O)O)cc1.COc1ccc(C(=O)C(Br)=CC(=O)O)cc1. The van der Waals surface area contributed by atoms with Crippen LogP contribution in [0.25, 0.3) is 0 Å². The molecule has 2 N–H and O–H groups in total. The van der Waals surface area contributed by atoms with E-state index < -0.39 is 11.9 Å². The summed E-state index contributed by atoms with van der Waals surface area (Å²) < 4.78 is 4.95. The minimum Gasteiger partial charge on any atom is -0.497 e. The van der Waals surface area contributed by atoms with Gasteiger partial charge in [-0.05, 0) is 64.2 Å². The Morgan fingerprint density at radius 2 is 1.50 bits per heavy atom. The monoisotopic (exact) mass is 474 g/mol. The van der Waals surface area contributed by atoms with Crippen LogP contribution in [0, 0.1) is 0 Å². The zero-order valence-electron chi connectivity index (χ0n) is 16.7. The van der Waals surface area contributed by atoms with Gasteiger partial charge in [-0.1, -0.05) is 37.3 Å². The molecule has 0 atom stereocenters. The molecule has 2 rings (SSSR count). The molecule has 0 radical (unpaired) electrons. The van der Waals surface area contributed by atoms with Crippen molar-refractivity contribution in [2.45, 2.75) is 19.8 Å². The Kier molecular flexibility index (Phi) is 10.9.